The van der Waals surface area contributed by atoms with E-state index in [9.17, 15) is 4.79 Å². The van der Waals surface area contributed by atoms with Crippen LogP contribution in [0.1, 0.15) is 11.8 Å². The summed E-state index contributed by atoms with van der Waals surface area (Å²) in [5.41, 5.74) is 3.41. The number of hydrazine groups is 1. The monoisotopic (exact) mass is 351 g/mol. The molecule has 10 heteroatoms. The number of nitrogens with one attached hydrogen (secondary N) is 2. The molecule has 1 rings (SSSR count). The molecule has 0 bridgehead atoms. The molecule has 0 unspecified atom stereocenters. The molecule has 1 amide bonds. The van der Waals surface area contributed by atoms with Gasteiger partial charge in [-0.2, -0.15) is 10.4 Å². The number of carbonyl (C=O) groups is 1. The third-order valence-corrected chi connectivity index (χ3v) is 4.39. The van der Waals surface area contributed by atoms with Gasteiger partial charge in [-0.3, -0.25) is 4.79 Å². The molecule has 0 atom stereocenters. The van der Waals surface area contributed by atoms with Crippen molar-refractivity contribution < 1.29 is 4.79 Å². The van der Waals surface area contributed by atoms with Gasteiger partial charge in [0.1, 0.15) is 5.84 Å². The Kier molecular flexibility index (Phi) is 8.45. The molecule has 0 aliphatic rings. The number of rotatable bonds is 6. The summed E-state index contributed by atoms with van der Waals surface area (Å²) in [6, 6.07) is 5.98. The zero-order valence-electron chi connectivity index (χ0n) is 12.4. The van der Waals surface area contributed by atoms with Gasteiger partial charge < -0.3 is 16.6 Å². The van der Waals surface area contributed by atoms with E-state index >= 15 is 0 Å². The van der Waals surface area contributed by atoms with E-state index in [4.69, 9.17) is 16.9 Å². The Labute approximate surface area is 142 Å². The highest BCUT2D eigenvalue weighted by atomic mass is 32.2. The quantitative estimate of drug-likeness (QED) is 0.148. The van der Waals surface area contributed by atoms with Gasteiger partial charge in [-0.1, -0.05) is 17.8 Å². The predicted molar refractivity (Wildman–Crippen MR) is 94.4 cm³/mol. The second-order valence-corrected chi connectivity index (χ2v) is 6.12. The van der Waals surface area contributed by atoms with Gasteiger partial charge in [0.2, 0.25) is 6.41 Å². The maximum absolute atomic E-state index is 10.8. The molecule has 6 N–H and O–H groups in total. The van der Waals surface area contributed by atoms with Crippen LogP contribution < -0.4 is 22.4 Å². The molecule has 23 heavy (non-hydrogen) atoms. The van der Waals surface area contributed by atoms with Crippen molar-refractivity contribution in [3.05, 3.63) is 33.7 Å². The van der Waals surface area contributed by atoms with Crippen molar-refractivity contribution in [3.8, 4) is 6.07 Å². The third kappa shape index (κ3) is 6.52. The fourth-order valence-corrected chi connectivity index (χ4v) is 2.88. The second kappa shape index (κ2) is 10.4. The predicted octanol–water partition coefficient (Wildman–Crippen LogP) is 0.659. The first-order chi connectivity index (χ1) is 11.1. The number of hydrogen-bond acceptors (Lipinski definition) is 8. The maximum Gasteiger partial charge on any atom is 0.213 e. The third-order valence-electron chi connectivity index (χ3n) is 2.61. The van der Waals surface area contributed by atoms with Crippen LogP contribution in [-0.2, 0) is 11.2 Å². The molecule has 1 heterocycles. The van der Waals surface area contributed by atoms with Gasteiger partial charge in [0.05, 0.1) is 17.5 Å². The Hall–Kier alpha value is -2.35. The number of amidine groups is 2. The molecule has 0 aromatic carbocycles. The SMILES string of the molecule is C/C(C#N)=C(/Cc1cccs1)N=C(NC=O)SC/C(=N/N)NN. The zero-order chi connectivity index (χ0) is 17.1. The topological polar surface area (TPSA) is 142 Å². The molecule has 0 saturated heterocycles. The molecule has 122 valence electrons. The van der Waals surface area contributed by atoms with Crippen LogP contribution in [0, 0.1) is 11.3 Å². The number of thioether (sulfide) groups is 1. The van der Waals surface area contributed by atoms with Crippen LogP contribution in [0.25, 0.3) is 0 Å². The first-order valence-electron chi connectivity index (χ1n) is 6.41. The van der Waals surface area contributed by atoms with Crippen LogP contribution in [0.15, 0.2) is 38.9 Å². The molecule has 0 radical (unpaired) electrons. The van der Waals surface area contributed by atoms with E-state index < -0.39 is 0 Å². The number of nitrogens with two attached hydrogens (primary N) is 2. The van der Waals surface area contributed by atoms with Gasteiger partial charge in [0.25, 0.3) is 0 Å². The summed E-state index contributed by atoms with van der Waals surface area (Å²) in [7, 11) is 0. The Bertz CT molecular complexity index is 644. The minimum absolute atomic E-state index is 0.296. The van der Waals surface area contributed by atoms with Crippen LogP contribution in [0.3, 0.4) is 0 Å². The smallest absolute Gasteiger partial charge is 0.213 e. The lowest BCUT2D eigenvalue weighted by Crippen LogP contribution is -2.34. The van der Waals surface area contributed by atoms with E-state index in [0.29, 0.717) is 40.9 Å². The van der Waals surface area contributed by atoms with Crippen LogP contribution >= 0.6 is 23.1 Å². The highest BCUT2D eigenvalue weighted by Gasteiger charge is 2.09. The number of carbonyl (C=O) groups excluding carboxylic acids is 1. The normalized spacial score (nSPS) is 13.1. The van der Waals surface area contributed by atoms with Crippen molar-refractivity contribution in [3.63, 3.8) is 0 Å². The fourth-order valence-electron chi connectivity index (χ4n) is 1.43. The number of aliphatic imine (C=N–C) groups is 1. The number of allylic oxidation sites excluding steroid dienone is 2. The minimum atomic E-state index is 0.296. The van der Waals surface area contributed by atoms with Crippen LogP contribution in [-0.4, -0.2) is 23.2 Å². The maximum atomic E-state index is 10.8. The molecular formula is C13H17N7OS2. The van der Waals surface area contributed by atoms with E-state index in [1.165, 1.54) is 11.8 Å². The lowest BCUT2D eigenvalue weighted by atomic mass is 10.2. The van der Waals surface area contributed by atoms with E-state index in [1.54, 1.807) is 18.3 Å². The molecular weight excluding hydrogens is 334 g/mol. The Balaban J connectivity index is 2.99. The Morgan fingerprint density at radius 1 is 1.61 bits per heavy atom. The number of nitriles is 1. The summed E-state index contributed by atoms with van der Waals surface area (Å²) in [6.07, 6.45) is 1.03. The molecule has 1 aromatic heterocycles. The van der Waals surface area contributed by atoms with Crippen molar-refractivity contribution in [2.75, 3.05) is 5.75 Å². The average Bonchev–Trinajstić information content (AvgIpc) is 3.07. The summed E-state index contributed by atoms with van der Waals surface area (Å²) < 4.78 is 0. The van der Waals surface area contributed by atoms with Gasteiger partial charge in [-0.15, -0.1) is 11.3 Å². The van der Waals surface area contributed by atoms with Crippen molar-refractivity contribution in [2.24, 2.45) is 21.8 Å². The van der Waals surface area contributed by atoms with E-state index in [1.807, 2.05) is 17.5 Å². The van der Waals surface area contributed by atoms with Gasteiger partial charge in [0.15, 0.2) is 5.17 Å². The molecule has 0 spiro atoms. The van der Waals surface area contributed by atoms with Crippen molar-refractivity contribution in [2.45, 2.75) is 13.3 Å². The van der Waals surface area contributed by atoms with Crippen LogP contribution in [0.2, 0.25) is 0 Å². The lowest BCUT2D eigenvalue weighted by Gasteiger charge is -2.08. The van der Waals surface area contributed by atoms with Gasteiger partial charge in [-0.25, -0.2) is 10.8 Å². The van der Waals surface area contributed by atoms with Crippen molar-refractivity contribution >= 4 is 40.5 Å². The molecule has 8 nitrogen and oxygen atoms in total. The number of amides is 1. The Morgan fingerprint density at radius 3 is 2.91 bits per heavy atom. The number of hydrazone groups is 1. The first kappa shape index (κ1) is 18.7. The van der Waals surface area contributed by atoms with Gasteiger partial charge in [-0.05, 0) is 18.4 Å². The van der Waals surface area contributed by atoms with E-state index in [-0.39, 0.29) is 0 Å². The molecule has 0 fully saturated rings. The summed E-state index contributed by atoms with van der Waals surface area (Å²) >= 11 is 2.76. The molecule has 1 aromatic rings. The van der Waals surface area contributed by atoms with Crippen molar-refractivity contribution in [1.29, 1.82) is 5.26 Å². The lowest BCUT2D eigenvalue weighted by molar-refractivity contribution is -0.108. The second-order valence-electron chi connectivity index (χ2n) is 4.13. The van der Waals surface area contributed by atoms with Crippen LogP contribution in [0.5, 0.6) is 0 Å². The molecule has 0 aliphatic heterocycles. The number of hydrogen-bond donors (Lipinski definition) is 4. The average molecular weight is 351 g/mol. The van der Waals surface area contributed by atoms with Gasteiger partial charge in [0, 0.05) is 16.9 Å². The summed E-state index contributed by atoms with van der Waals surface area (Å²) in [6.45, 7) is 1.68. The minimum Gasteiger partial charge on any atom is -0.322 e. The largest absolute Gasteiger partial charge is 0.322 e. The standard InChI is InChI=1S/C13H17N7OS2/c1-9(6-14)11(5-10-3-2-4-22-10)18-13(17-8-21)23-7-12(19-15)20-16/h2-4,8H,5,7,15-16H2,1H3,(H,19,20)(H,17,18,21)/b11-9+. The van der Waals surface area contributed by atoms with Crippen molar-refractivity contribution in [1.82, 2.24) is 10.7 Å². The van der Waals surface area contributed by atoms with E-state index in [2.05, 4.69) is 26.9 Å². The Morgan fingerprint density at radius 2 is 2.39 bits per heavy atom. The highest BCUT2D eigenvalue weighted by Crippen LogP contribution is 2.19. The van der Waals surface area contributed by atoms with E-state index in [0.717, 1.165) is 4.88 Å². The number of nitrogens with zero attached hydrogens (tertiary/aromatic N) is 3. The highest BCUT2D eigenvalue weighted by molar-refractivity contribution is 8.14. The zero-order valence-corrected chi connectivity index (χ0v) is 14.1. The molecule has 0 aliphatic carbocycles. The number of thiophene rings is 1. The summed E-state index contributed by atoms with van der Waals surface area (Å²) in [5, 5.41) is 17.4. The summed E-state index contributed by atoms with van der Waals surface area (Å²) in [4.78, 5) is 16.2. The van der Waals surface area contributed by atoms with Gasteiger partial charge >= 0.3 is 0 Å². The fraction of sp³-hybridized carbons (Fsp3) is 0.231. The first-order valence-corrected chi connectivity index (χ1v) is 8.28. The van der Waals surface area contributed by atoms with Crippen LogP contribution in [0.4, 0.5) is 0 Å². The molecule has 0 saturated carbocycles. The summed E-state index contributed by atoms with van der Waals surface area (Å²) in [5.74, 6) is 11.0.